The number of nitrogens with one attached hydrogen (secondary N) is 1. The Morgan fingerprint density at radius 1 is 1.28 bits per heavy atom. The highest BCUT2D eigenvalue weighted by atomic mass is 35.5. The van der Waals surface area contributed by atoms with Crippen molar-refractivity contribution in [1.82, 2.24) is 10.2 Å². The maximum Gasteiger partial charge on any atom is 0.249 e. The normalized spacial score (nSPS) is 20.9. The molecule has 25 heavy (non-hydrogen) atoms. The van der Waals surface area contributed by atoms with Gasteiger partial charge in [-0.15, -0.1) is 12.4 Å². The lowest BCUT2D eigenvalue weighted by molar-refractivity contribution is -0.136. The van der Waals surface area contributed by atoms with E-state index in [0.29, 0.717) is 26.1 Å². The van der Waals surface area contributed by atoms with Crippen molar-refractivity contribution in [2.75, 3.05) is 19.6 Å². The number of amides is 2. The SMILES string of the molecule is CC(C)CC(=O)NC(C(=O)N1CCC(C)(CN)C1)c1ccccc1.Cl. The van der Waals surface area contributed by atoms with Crippen LogP contribution in [0.3, 0.4) is 0 Å². The average molecular weight is 368 g/mol. The van der Waals surface area contributed by atoms with E-state index in [9.17, 15) is 9.59 Å². The summed E-state index contributed by atoms with van der Waals surface area (Å²) in [6, 6.07) is 8.82. The molecule has 0 bridgehead atoms. The number of carbonyl (C=O) groups is 2. The summed E-state index contributed by atoms with van der Waals surface area (Å²) >= 11 is 0. The van der Waals surface area contributed by atoms with Crippen LogP contribution in [0.1, 0.15) is 45.2 Å². The average Bonchev–Trinajstić information content (AvgIpc) is 2.95. The van der Waals surface area contributed by atoms with Gasteiger partial charge in [0.05, 0.1) is 0 Å². The van der Waals surface area contributed by atoms with Gasteiger partial charge in [-0.25, -0.2) is 0 Å². The fourth-order valence-electron chi connectivity index (χ4n) is 3.08. The molecule has 0 aromatic heterocycles. The van der Waals surface area contributed by atoms with E-state index in [-0.39, 0.29) is 35.6 Å². The molecule has 0 saturated carbocycles. The van der Waals surface area contributed by atoms with E-state index >= 15 is 0 Å². The van der Waals surface area contributed by atoms with Crippen LogP contribution >= 0.6 is 12.4 Å². The highest BCUT2D eigenvalue weighted by Gasteiger charge is 2.38. The summed E-state index contributed by atoms with van der Waals surface area (Å²) in [4.78, 5) is 27.1. The fraction of sp³-hybridized carbons (Fsp3) is 0.579. The summed E-state index contributed by atoms with van der Waals surface area (Å²) in [5, 5.41) is 2.93. The molecule has 1 saturated heterocycles. The number of benzene rings is 1. The standard InChI is InChI=1S/C19H29N3O2.ClH/c1-14(2)11-16(23)21-17(15-7-5-4-6-8-15)18(24)22-10-9-19(3,12-20)13-22;/h4-8,14,17H,9-13,20H2,1-3H3,(H,21,23);1H. The van der Waals surface area contributed by atoms with Gasteiger partial charge in [0.1, 0.15) is 6.04 Å². The second-order valence-electron chi connectivity index (χ2n) is 7.53. The molecule has 140 valence electrons. The third-order valence-electron chi connectivity index (χ3n) is 4.64. The van der Waals surface area contributed by atoms with Crippen molar-refractivity contribution >= 4 is 24.2 Å². The molecule has 1 aliphatic heterocycles. The Balaban J connectivity index is 0.00000312. The van der Waals surface area contributed by atoms with Crippen LogP contribution in [0.25, 0.3) is 0 Å². The van der Waals surface area contributed by atoms with E-state index in [1.54, 1.807) is 0 Å². The third-order valence-corrected chi connectivity index (χ3v) is 4.64. The lowest BCUT2D eigenvalue weighted by Gasteiger charge is -2.27. The number of halogens is 1. The number of nitrogens with zero attached hydrogens (tertiary/aromatic N) is 1. The Morgan fingerprint density at radius 3 is 2.44 bits per heavy atom. The summed E-state index contributed by atoms with van der Waals surface area (Å²) in [6.45, 7) is 7.99. The van der Waals surface area contributed by atoms with Gasteiger partial charge in [0.15, 0.2) is 0 Å². The van der Waals surface area contributed by atoms with Gasteiger partial charge in [0, 0.05) is 19.5 Å². The highest BCUT2D eigenvalue weighted by molar-refractivity contribution is 5.89. The minimum atomic E-state index is -0.627. The minimum absolute atomic E-state index is 0. The molecule has 0 aliphatic carbocycles. The molecule has 2 amide bonds. The molecule has 1 aromatic carbocycles. The maximum absolute atomic E-state index is 13.0. The molecule has 6 heteroatoms. The van der Waals surface area contributed by atoms with Crippen molar-refractivity contribution < 1.29 is 9.59 Å². The van der Waals surface area contributed by atoms with Crippen LogP contribution in [0, 0.1) is 11.3 Å². The van der Waals surface area contributed by atoms with Crippen molar-refractivity contribution in [3.8, 4) is 0 Å². The fourth-order valence-corrected chi connectivity index (χ4v) is 3.08. The largest absolute Gasteiger partial charge is 0.341 e. The summed E-state index contributed by atoms with van der Waals surface area (Å²) in [5.74, 6) is 0.118. The first-order valence-electron chi connectivity index (χ1n) is 8.68. The quantitative estimate of drug-likeness (QED) is 0.811. The molecular weight excluding hydrogens is 338 g/mol. The number of hydrogen-bond acceptors (Lipinski definition) is 3. The zero-order chi connectivity index (χ0) is 17.7. The Kier molecular flexibility index (Phi) is 7.90. The van der Waals surface area contributed by atoms with Gasteiger partial charge in [0.2, 0.25) is 11.8 Å². The van der Waals surface area contributed by atoms with Gasteiger partial charge in [-0.3, -0.25) is 9.59 Å². The summed E-state index contributed by atoms with van der Waals surface area (Å²) in [6.07, 6.45) is 1.31. The van der Waals surface area contributed by atoms with Crippen LogP contribution in [-0.2, 0) is 9.59 Å². The zero-order valence-corrected chi connectivity index (χ0v) is 16.1. The van der Waals surface area contributed by atoms with E-state index < -0.39 is 6.04 Å². The van der Waals surface area contributed by atoms with Crippen LogP contribution in [0.5, 0.6) is 0 Å². The molecular formula is C19H30ClN3O2. The van der Waals surface area contributed by atoms with Crippen LogP contribution in [-0.4, -0.2) is 36.3 Å². The summed E-state index contributed by atoms with van der Waals surface area (Å²) in [5.41, 5.74) is 6.64. The van der Waals surface area contributed by atoms with E-state index in [0.717, 1.165) is 12.0 Å². The van der Waals surface area contributed by atoms with E-state index in [4.69, 9.17) is 5.73 Å². The van der Waals surface area contributed by atoms with Crippen LogP contribution < -0.4 is 11.1 Å². The maximum atomic E-state index is 13.0. The first kappa shape index (κ1) is 21.5. The monoisotopic (exact) mass is 367 g/mol. The molecule has 2 unspecified atom stereocenters. The lowest BCUT2D eigenvalue weighted by Crippen LogP contribution is -2.43. The Morgan fingerprint density at radius 2 is 1.92 bits per heavy atom. The van der Waals surface area contributed by atoms with Gasteiger partial charge in [-0.2, -0.15) is 0 Å². The number of carbonyl (C=O) groups excluding carboxylic acids is 2. The smallest absolute Gasteiger partial charge is 0.249 e. The minimum Gasteiger partial charge on any atom is -0.341 e. The molecule has 1 aromatic rings. The van der Waals surface area contributed by atoms with Gasteiger partial charge >= 0.3 is 0 Å². The Bertz CT molecular complexity index is 579. The van der Waals surface area contributed by atoms with Gasteiger partial charge in [0.25, 0.3) is 0 Å². The molecule has 1 aliphatic rings. The first-order valence-corrected chi connectivity index (χ1v) is 8.68. The number of likely N-dealkylation sites (tertiary alicyclic amines) is 1. The topological polar surface area (TPSA) is 75.4 Å². The van der Waals surface area contributed by atoms with Crippen molar-refractivity contribution in [2.24, 2.45) is 17.1 Å². The summed E-state index contributed by atoms with van der Waals surface area (Å²) < 4.78 is 0. The number of hydrogen-bond donors (Lipinski definition) is 2. The molecule has 1 heterocycles. The molecule has 2 rings (SSSR count). The van der Waals surface area contributed by atoms with Crippen LogP contribution in [0.4, 0.5) is 0 Å². The van der Waals surface area contributed by atoms with Gasteiger partial charge in [-0.1, -0.05) is 51.1 Å². The second kappa shape index (κ2) is 9.20. The predicted molar refractivity (Wildman–Crippen MR) is 102 cm³/mol. The van der Waals surface area contributed by atoms with E-state index in [1.807, 2.05) is 49.1 Å². The van der Waals surface area contributed by atoms with Crippen molar-refractivity contribution in [1.29, 1.82) is 0 Å². The van der Waals surface area contributed by atoms with Crippen molar-refractivity contribution in [3.05, 3.63) is 35.9 Å². The number of nitrogens with two attached hydrogens (primary N) is 1. The second-order valence-corrected chi connectivity index (χ2v) is 7.53. The first-order chi connectivity index (χ1) is 11.3. The zero-order valence-electron chi connectivity index (χ0n) is 15.3. The van der Waals surface area contributed by atoms with Crippen LogP contribution in [0.2, 0.25) is 0 Å². The Hall–Kier alpha value is -1.59. The molecule has 1 fully saturated rings. The van der Waals surface area contributed by atoms with E-state index in [1.165, 1.54) is 0 Å². The molecule has 0 spiro atoms. The molecule has 5 nitrogen and oxygen atoms in total. The molecule has 2 atom stereocenters. The van der Waals surface area contributed by atoms with Gasteiger partial charge in [-0.05, 0) is 29.9 Å². The van der Waals surface area contributed by atoms with Crippen LogP contribution in [0.15, 0.2) is 30.3 Å². The third kappa shape index (κ3) is 5.72. The van der Waals surface area contributed by atoms with Crippen molar-refractivity contribution in [3.63, 3.8) is 0 Å². The number of rotatable bonds is 6. The highest BCUT2D eigenvalue weighted by Crippen LogP contribution is 2.30. The predicted octanol–water partition coefficient (Wildman–Crippen LogP) is 2.51. The Labute approximate surface area is 156 Å². The van der Waals surface area contributed by atoms with E-state index in [2.05, 4.69) is 12.2 Å². The molecule has 3 N–H and O–H groups in total. The van der Waals surface area contributed by atoms with Gasteiger partial charge < -0.3 is 16.0 Å². The lowest BCUT2D eigenvalue weighted by atomic mass is 9.90. The molecule has 0 radical (unpaired) electrons. The summed E-state index contributed by atoms with van der Waals surface area (Å²) in [7, 11) is 0. The van der Waals surface area contributed by atoms with Crippen molar-refractivity contribution in [2.45, 2.75) is 39.7 Å².